The minimum atomic E-state index is -0.986. The molecule has 2 unspecified atom stereocenters. The van der Waals surface area contributed by atoms with Crippen LogP contribution in [-0.4, -0.2) is 54.2 Å². The highest BCUT2D eigenvalue weighted by Gasteiger charge is 2.30. The lowest BCUT2D eigenvalue weighted by molar-refractivity contribution is -0.131. The van der Waals surface area contributed by atoms with E-state index in [2.05, 4.69) is 21.3 Å². The van der Waals surface area contributed by atoms with Crippen LogP contribution < -0.4 is 21.3 Å². The van der Waals surface area contributed by atoms with Crippen molar-refractivity contribution in [2.24, 2.45) is 0 Å². The maximum absolute atomic E-state index is 12.0. The van der Waals surface area contributed by atoms with E-state index in [0.29, 0.717) is 0 Å². The van der Waals surface area contributed by atoms with Crippen molar-refractivity contribution in [1.29, 1.82) is 0 Å². The molecule has 20 heavy (non-hydrogen) atoms. The van der Waals surface area contributed by atoms with Gasteiger partial charge in [0.2, 0.25) is 11.8 Å². The number of aliphatic hydroxyl groups is 1. The van der Waals surface area contributed by atoms with Crippen LogP contribution in [0.1, 0.15) is 25.7 Å². The van der Waals surface area contributed by atoms with Crippen molar-refractivity contribution < 1.29 is 19.5 Å². The molecule has 0 aromatic carbocycles. The van der Waals surface area contributed by atoms with E-state index in [1.165, 1.54) is 0 Å². The van der Waals surface area contributed by atoms with Crippen molar-refractivity contribution in [2.75, 3.05) is 13.2 Å². The smallest absolute Gasteiger partial charge is 0.315 e. The Hall–Kier alpha value is -1.83. The summed E-state index contributed by atoms with van der Waals surface area (Å²) < 4.78 is 0. The van der Waals surface area contributed by atoms with Crippen LogP contribution in [0.3, 0.4) is 0 Å². The number of hydrogen-bond donors (Lipinski definition) is 5. The number of carbonyl (C=O) groups excluding carboxylic acids is 3. The summed E-state index contributed by atoms with van der Waals surface area (Å²) in [6.45, 7) is -0.300. The van der Waals surface area contributed by atoms with E-state index >= 15 is 0 Å². The number of nitrogens with one attached hydrogen (secondary N) is 4. The Bertz CT molecular complexity index is 395. The summed E-state index contributed by atoms with van der Waals surface area (Å²) in [6.07, 6.45) is 4.03. The molecule has 2 atom stereocenters. The zero-order chi connectivity index (χ0) is 14.5. The SMILES string of the molecule is O=C1NCC(C(=O)NC(CO)C(=O)NC2CCCC2)N1. The number of rotatable bonds is 5. The summed E-state index contributed by atoms with van der Waals surface area (Å²) in [5.74, 6) is -0.867. The molecule has 5 N–H and O–H groups in total. The second-order valence-electron chi connectivity index (χ2n) is 5.14. The van der Waals surface area contributed by atoms with Crippen molar-refractivity contribution in [2.45, 2.75) is 43.8 Å². The summed E-state index contributed by atoms with van der Waals surface area (Å²) in [7, 11) is 0. The van der Waals surface area contributed by atoms with Gasteiger partial charge < -0.3 is 26.4 Å². The van der Waals surface area contributed by atoms with Gasteiger partial charge >= 0.3 is 6.03 Å². The molecular weight excluding hydrogens is 264 g/mol. The lowest BCUT2D eigenvalue weighted by atomic mass is 10.2. The topological polar surface area (TPSA) is 120 Å². The Morgan fingerprint density at radius 3 is 2.60 bits per heavy atom. The molecule has 1 aliphatic carbocycles. The Kier molecular flexibility index (Phi) is 4.78. The largest absolute Gasteiger partial charge is 0.394 e. The number of amides is 4. The maximum atomic E-state index is 12.0. The summed E-state index contributed by atoms with van der Waals surface area (Å²) >= 11 is 0. The highest BCUT2D eigenvalue weighted by Crippen LogP contribution is 2.17. The summed E-state index contributed by atoms with van der Waals surface area (Å²) in [6, 6.07) is -1.99. The number of hydrogen-bond acceptors (Lipinski definition) is 4. The van der Waals surface area contributed by atoms with Crippen molar-refractivity contribution in [3.8, 4) is 0 Å². The normalized spacial score (nSPS) is 23.9. The van der Waals surface area contributed by atoms with E-state index in [1.807, 2.05) is 0 Å². The van der Waals surface area contributed by atoms with Gasteiger partial charge in [-0.05, 0) is 12.8 Å². The van der Waals surface area contributed by atoms with Gasteiger partial charge in [-0.15, -0.1) is 0 Å². The Morgan fingerprint density at radius 1 is 1.35 bits per heavy atom. The highest BCUT2D eigenvalue weighted by atomic mass is 16.3. The zero-order valence-corrected chi connectivity index (χ0v) is 11.1. The van der Waals surface area contributed by atoms with Crippen LogP contribution >= 0.6 is 0 Å². The van der Waals surface area contributed by atoms with Gasteiger partial charge in [0.25, 0.3) is 0 Å². The molecule has 2 fully saturated rings. The Morgan fingerprint density at radius 2 is 2.05 bits per heavy atom. The third-order valence-corrected chi connectivity index (χ3v) is 3.61. The molecule has 0 bridgehead atoms. The number of carbonyl (C=O) groups is 3. The van der Waals surface area contributed by atoms with E-state index in [9.17, 15) is 19.5 Å². The van der Waals surface area contributed by atoms with Crippen LogP contribution in [0.2, 0.25) is 0 Å². The van der Waals surface area contributed by atoms with Crippen LogP contribution in [0.4, 0.5) is 4.79 Å². The first kappa shape index (κ1) is 14.6. The molecule has 4 amide bonds. The molecule has 8 heteroatoms. The zero-order valence-electron chi connectivity index (χ0n) is 11.1. The van der Waals surface area contributed by atoms with Crippen molar-refractivity contribution in [3.63, 3.8) is 0 Å². The van der Waals surface area contributed by atoms with Gasteiger partial charge in [0.05, 0.1) is 6.61 Å². The second kappa shape index (κ2) is 6.56. The molecule has 2 rings (SSSR count). The van der Waals surface area contributed by atoms with Crippen molar-refractivity contribution >= 4 is 17.8 Å². The van der Waals surface area contributed by atoms with Crippen molar-refractivity contribution in [1.82, 2.24) is 21.3 Å². The first-order chi connectivity index (χ1) is 9.60. The molecule has 1 aliphatic heterocycles. The Labute approximate surface area is 116 Å². The van der Waals surface area contributed by atoms with E-state index in [4.69, 9.17) is 0 Å². The molecule has 2 aliphatic rings. The van der Waals surface area contributed by atoms with Gasteiger partial charge in [0.1, 0.15) is 12.1 Å². The van der Waals surface area contributed by atoms with Crippen LogP contribution in [0.5, 0.6) is 0 Å². The molecule has 0 radical (unpaired) electrons. The molecule has 112 valence electrons. The minimum Gasteiger partial charge on any atom is -0.394 e. The summed E-state index contributed by atoms with van der Waals surface area (Å²) in [5.41, 5.74) is 0. The van der Waals surface area contributed by atoms with E-state index in [0.717, 1.165) is 25.7 Å². The van der Waals surface area contributed by atoms with Gasteiger partial charge in [-0.1, -0.05) is 12.8 Å². The average molecular weight is 284 g/mol. The van der Waals surface area contributed by atoms with Gasteiger partial charge in [-0.25, -0.2) is 4.79 Å². The first-order valence-corrected chi connectivity index (χ1v) is 6.86. The molecule has 0 spiro atoms. The fraction of sp³-hybridized carbons (Fsp3) is 0.750. The van der Waals surface area contributed by atoms with Crippen LogP contribution in [0, 0.1) is 0 Å². The number of urea groups is 1. The first-order valence-electron chi connectivity index (χ1n) is 6.86. The van der Waals surface area contributed by atoms with Crippen LogP contribution in [0.15, 0.2) is 0 Å². The molecule has 1 saturated heterocycles. The molecule has 1 heterocycles. The maximum Gasteiger partial charge on any atom is 0.315 e. The fourth-order valence-corrected chi connectivity index (χ4v) is 2.45. The van der Waals surface area contributed by atoms with Gasteiger partial charge in [0, 0.05) is 12.6 Å². The lowest BCUT2D eigenvalue weighted by Crippen LogP contribution is -2.55. The van der Waals surface area contributed by atoms with Gasteiger partial charge in [-0.2, -0.15) is 0 Å². The molecule has 0 aromatic heterocycles. The van der Waals surface area contributed by atoms with Crippen LogP contribution in [0.25, 0.3) is 0 Å². The Balaban J connectivity index is 1.82. The average Bonchev–Trinajstić information content (AvgIpc) is 3.07. The standard InChI is InChI=1S/C12H20N4O4/c17-6-9(11(19)14-7-3-1-2-4-7)15-10(18)8-5-13-12(20)16-8/h7-9,17H,1-6H2,(H,14,19)(H,15,18)(H2,13,16,20). The van der Waals surface area contributed by atoms with Crippen molar-refractivity contribution in [3.05, 3.63) is 0 Å². The third-order valence-electron chi connectivity index (χ3n) is 3.61. The second-order valence-corrected chi connectivity index (χ2v) is 5.14. The monoisotopic (exact) mass is 284 g/mol. The quantitative estimate of drug-likeness (QED) is 0.409. The summed E-state index contributed by atoms with van der Waals surface area (Å²) in [5, 5.41) is 19.4. The number of aliphatic hydroxyl groups excluding tert-OH is 1. The lowest BCUT2D eigenvalue weighted by Gasteiger charge is -2.20. The van der Waals surface area contributed by atoms with Gasteiger partial charge in [-0.3, -0.25) is 9.59 Å². The minimum absolute atomic E-state index is 0.126. The molecule has 1 saturated carbocycles. The highest BCUT2D eigenvalue weighted by molar-refractivity contribution is 5.93. The predicted molar refractivity (Wildman–Crippen MR) is 69.7 cm³/mol. The van der Waals surface area contributed by atoms with E-state index in [1.54, 1.807) is 0 Å². The van der Waals surface area contributed by atoms with Gasteiger partial charge in [0.15, 0.2) is 0 Å². The molecular formula is C12H20N4O4. The molecule has 0 aromatic rings. The van der Waals surface area contributed by atoms with E-state index < -0.39 is 30.6 Å². The fourth-order valence-electron chi connectivity index (χ4n) is 2.45. The predicted octanol–water partition coefficient (Wildman–Crippen LogP) is -1.80. The van der Waals surface area contributed by atoms with Crippen LogP contribution in [-0.2, 0) is 9.59 Å². The third kappa shape index (κ3) is 3.60. The molecule has 8 nitrogen and oxygen atoms in total. The van der Waals surface area contributed by atoms with E-state index in [-0.39, 0.29) is 18.5 Å². The summed E-state index contributed by atoms with van der Waals surface area (Å²) in [4.78, 5) is 34.7.